The van der Waals surface area contributed by atoms with E-state index in [4.69, 9.17) is 20.8 Å². The molecule has 7 nitrogen and oxygen atoms in total. The molecule has 0 aliphatic carbocycles. The number of pyridine rings is 1. The second-order valence-electron chi connectivity index (χ2n) is 6.57. The molecule has 0 spiro atoms. The van der Waals surface area contributed by atoms with Crippen molar-refractivity contribution in [2.45, 2.75) is 19.8 Å². The Morgan fingerprint density at radius 1 is 1.27 bits per heavy atom. The van der Waals surface area contributed by atoms with Crippen molar-refractivity contribution in [2.24, 2.45) is 0 Å². The Hall–Kier alpha value is -3.10. The summed E-state index contributed by atoms with van der Waals surface area (Å²) in [5, 5.41) is 10.3. The first-order valence-electron chi connectivity index (χ1n) is 9.19. The Kier molecular flexibility index (Phi) is 5.87. The Morgan fingerprint density at radius 2 is 2.10 bits per heavy atom. The van der Waals surface area contributed by atoms with Crippen LogP contribution in [0.25, 0.3) is 11.5 Å². The second-order valence-corrected chi connectivity index (χ2v) is 8.04. The summed E-state index contributed by atoms with van der Waals surface area (Å²) in [6.07, 6.45) is 2.65. The zero-order valence-corrected chi connectivity index (χ0v) is 17.6. The molecule has 3 aromatic heterocycles. The van der Waals surface area contributed by atoms with Crippen molar-refractivity contribution in [1.82, 2.24) is 15.0 Å². The van der Waals surface area contributed by atoms with E-state index < -0.39 is 0 Å². The number of aromatic nitrogens is 3. The van der Waals surface area contributed by atoms with Crippen LogP contribution in [0.1, 0.15) is 21.9 Å². The van der Waals surface area contributed by atoms with Crippen LogP contribution in [0.5, 0.6) is 11.8 Å². The fourth-order valence-corrected chi connectivity index (χ4v) is 3.89. The quantitative estimate of drug-likeness (QED) is 0.440. The van der Waals surface area contributed by atoms with E-state index >= 15 is 0 Å². The highest BCUT2D eigenvalue weighted by molar-refractivity contribution is 7.09. The third-order valence-electron chi connectivity index (χ3n) is 4.45. The number of nitrogens with one attached hydrogen (secondary N) is 1. The molecule has 0 aliphatic rings. The Balaban J connectivity index is 1.35. The molecule has 0 saturated heterocycles. The summed E-state index contributed by atoms with van der Waals surface area (Å²) >= 11 is 7.20. The van der Waals surface area contributed by atoms with Crippen LogP contribution in [0.15, 0.2) is 51.8 Å². The lowest BCUT2D eigenvalue weighted by Crippen LogP contribution is -2.04. The van der Waals surface area contributed by atoms with Gasteiger partial charge in [0.05, 0.1) is 27.8 Å². The van der Waals surface area contributed by atoms with Crippen LogP contribution in [0.3, 0.4) is 0 Å². The minimum atomic E-state index is -0.281. The van der Waals surface area contributed by atoms with Gasteiger partial charge in [0.25, 0.3) is 0 Å². The van der Waals surface area contributed by atoms with Crippen molar-refractivity contribution >= 4 is 22.9 Å². The number of rotatable bonds is 7. The van der Waals surface area contributed by atoms with Gasteiger partial charge in [0, 0.05) is 25.1 Å². The molecule has 0 bridgehead atoms. The summed E-state index contributed by atoms with van der Waals surface area (Å²) in [6.45, 7) is 2.25. The van der Waals surface area contributed by atoms with Crippen LogP contribution in [-0.2, 0) is 12.8 Å². The highest BCUT2D eigenvalue weighted by atomic mass is 35.5. The van der Waals surface area contributed by atoms with Crippen LogP contribution in [0, 0.1) is 6.92 Å². The van der Waals surface area contributed by atoms with Gasteiger partial charge in [0.1, 0.15) is 5.76 Å². The van der Waals surface area contributed by atoms with Crippen molar-refractivity contribution in [2.75, 3.05) is 6.61 Å². The van der Waals surface area contributed by atoms with Gasteiger partial charge >= 0.3 is 4.87 Å². The molecular formula is C21H18ClN3O4S. The Morgan fingerprint density at radius 3 is 2.80 bits per heavy atom. The molecule has 2 N–H and O–H groups in total. The number of hydrogen-bond donors (Lipinski definition) is 2. The number of aromatic amines is 1. The lowest BCUT2D eigenvalue weighted by molar-refractivity contribution is 0.307. The van der Waals surface area contributed by atoms with E-state index in [-0.39, 0.29) is 10.8 Å². The summed E-state index contributed by atoms with van der Waals surface area (Å²) in [7, 11) is 0. The first kappa shape index (κ1) is 20.2. The number of oxazole rings is 1. The number of aryl methyl sites for hydroxylation is 1. The monoisotopic (exact) mass is 443 g/mol. The minimum Gasteiger partial charge on any atom is -0.494 e. The average Bonchev–Trinajstić information content (AvgIpc) is 3.24. The molecular weight excluding hydrogens is 426 g/mol. The van der Waals surface area contributed by atoms with Crippen molar-refractivity contribution in [3.8, 4) is 23.2 Å². The van der Waals surface area contributed by atoms with Gasteiger partial charge in [-0.1, -0.05) is 41.1 Å². The lowest BCUT2D eigenvalue weighted by atomic mass is 10.2. The average molecular weight is 444 g/mol. The zero-order valence-electron chi connectivity index (χ0n) is 16.0. The maximum atomic E-state index is 11.3. The van der Waals surface area contributed by atoms with Crippen LogP contribution < -0.4 is 9.61 Å². The maximum Gasteiger partial charge on any atom is 0.307 e. The predicted molar refractivity (Wildman–Crippen MR) is 115 cm³/mol. The van der Waals surface area contributed by atoms with Gasteiger partial charge in [0.15, 0.2) is 0 Å². The smallest absolute Gasteiger partial charge is 0.307 e. The minimum absolute atomic E-state index is 0.0931. The van der Waals surface area contributed by atoms with E-state index in [2.05, 4.69) is 15.0 Å². The van der Waals surface area contributed by atoms with Gasteiger partial charge in [-0.05, 0) is 24.6 Å². The first-order valence-corrected chi connectivity index (χ1v) is 10.4. The summed E-state index contributed by atoms with van der Waals surface area (Å²) < 4.78 is 11.5. The van der Waals surface area contributed by atoms with Crippen LogP contribution in [0.4, 0.5) is 0 Å². The molecule has 0 amide bonds. The number of nitrogens with zero attached hydrogens (tertiary/aromatic N) is 2. The van der Waals surface area contributed by atoms with E-state index in [1.807, 2.05) is 31.2 Å². The molecule has 4 rings (SSSR count). The zero-order chi connectivity index (χ0) is 21.1. The largest absolute Gasteiger partial charge is 0.494 e. The fourth-order valence-electron chi connectivity index (χ4n) is 2.92. The van der Waals surface area contributed by atoms with Gasteiger partial charge in [-0.3, -0.25) is 9.78 Å². The number of thiazole rings is 1. The van der Waals surface area contributed by atoms with E-state index in [9.17, 15) is 9.90 Å². The van der Waals surface area contributed by atoms with Crippen molar-refractivity contribution < 1.29 is 14.3 Å². The van der Waals surface area contributed by atoms with Crippen LogP contribution >= 0.6 is 22.9 Å². The standard InChI is InChI=1S/C21H18ClN3O4S/c1-12-16(24-20(29-12)14-4-2-3-5-15(14)22)8-9-28-18-7-6-13(11-23-18)10-17-19(26)25-21(27)30-17/h2-7,11,26H,8-10H2,1H3,(H,25,27). The molecule has 0 fully saturated rings. The van der Waals surface area contributed by atoms with Crippen LogP contribution in [-0.4, -0.2) is 26.7 Å². The highest BCUT2D eigenvalue weighted by Gasteiger charge is 2.14. The van der Waals surface area contributed by atoms with Gasteiger partial charge in [-0.2, -0.15) is 0 Å². The summed E-state index contributed by atoms with van der Waals surface area (Å²) in [6, 6.07) is 11.0. The second kappa shape index (κ2) is 8.73. The highest BCUT2D eigenvalue weighted by Crippen LogP contribution is 2.28. The third-order valence-corrected chi connectivity index (χ3v) is 5.65. The van der Waals surface area contributed by atoms with Crippen molar-refractivity contribution in [3.63, 3.8) is 0 Å². The predicted octanol–water partition coefficient (Wildman–Crippen LogP) is 4.37. The van der Waals surface area contributed by atoms with E-state index in [1.54, 1.807) is 18.3 Å². The number of aromatic hydroxyl groups is 1. The van der Waals surface area contributed by atoms with Crippen molar-refractivity contribution in [3.05, 3.63) is 79.2 Å². The van der Waals surface area contributed by atoms with E-state index in [1.165, 1.54) is 0 Å². The topological polar surface area (TPSA) is 101 Å². The third kappa shape index (κ3) is 4.55. The summed E-state index contributed by atoms with van der Waals surface area (Å²) in [5.74, 6) is 1.61. The number of ether oxygens (including phenoxy) is 1. The van der Waals surface area contributed by atoms with Gasteiger partial charge in [0.2, 0.25) is 17.7 Å². The normalized spacial score (nSPS) is 11.0. The molecule has 1 aromatic carbocycles. The van der Waals surface area contributed by atoms with E-state index in [0.717, 1.165) is 33.9 Å². The molecule has 0 saturated carbocycles. The molecule has 3 heterocycles. The van der Waals surface area contributed by atoms with Gasteiger partial charge < -0.3 is 14.3 Å². The fraction of sp³-hybridized carbons (Fsp3) is 0.190. The molecule has 9 heteroatoms. The molecule has 0 radical (unpaired) electrons. The lowest BCUT2D eigenvalue weighted by Gasteiger charge is -2.05. The summed E-state index contributed by atoms with van der Waals surface area (Å²) in [5.41, 5.74) is 2.43. The maximum absolute atomic E-state index is 11.3. The Bertz CT molecular complexity index is 1210. The summed E-state index contributed by atoms with van der Waals surface area (Å²) in [4.78, 5) is 22.7. The molecule has 0 unspecified atom stereocenters. The van der Waals surface area contributed by atoms with Crippen molar-refractivity contribution in [1.29, 1.82) is 0 Å². The van der Waals surface area contributed by atoms with E-state index in [0.29, 0.717) is 41.1 Å². The molecule has 0 aliphatic heterocycles. The van der Waals surface area contributed by atoms with Gasteiger partial charge in [-0.25, -0.2) is 9.97 Å². The number of H-pyrrole nitrogens is 1. The molecule has 0 atom stereocenters. The molecule has 154 valence electrons. The number of halogens is 1. The van der Waals surface area contributed by atoms with Gasteiger partial charge in [-0.15, -0.1) is 0 Å². The SMILES string of the molecule is Cc1oc(-c2ccccc2Cl)nc1CCOc1ccc(Cc2sc(=O)[nH]c2O)cn1. The Labute approximate surface area is 181 Å². The molecule has 30 heavy (non-hydrogen) atoms. The number of hydrogen-bond acceptors (Lipinski definition) is 7. The first-order chi connectivity index (χ1) is 14.5. The van der Waals surface area contributed by atoms with Crippen LogP contribution in [0.2, 0.25) is 5.02 Å². The number of benzene rings is 1. The molecule has 4 aromatic rings.